The zero-order chi connectivity index (χ0) is 20.6. The lowest BCUT2D eigenvalue weighted by atomic mass is 10.1. The van der Waals surface area contributed by atoms with Gasteiger partial charge in [-0.25, -0.2) is 8.42 Å². The highest BCUT2D eigenvalue weighted by molar-refractivity contribution is 7.92. The molecule has 0 radical (unpaired) electrons. The van der Waals surface area contributed by atoms with E-state index in [4.69, 9.17) is 4.74 Å². The topological polar surface area (TPSA) is 96.0 Å². The van der Waals surface area contributed by atoms with Crippen LogP contribution in [0.25, 0.3) is 0 Å². The summed E-state index contributed by atoms with van der Waals surface area (Å²) in [4.78, 5) is 26.6. The SMILES string of the molecule is COc1ccc(S(=O)(=O)N2CC(=O)Nc3ccccc32)cc1C(=O)N1CCCC1. The van der Waals surface area contributed by atoms with E-state index in [2.05, 4.69) is 5.32 Å². The number of carbonyl (C=O) groups is 2. The molecular formula is C20H21N3O5S. The van der Waals surface area contributed by atoms with Gasteiger partial charge >= 0.3 is 0 Å². The van der Waals surface area contributed by atoms with E-state index in [1.54, 1.807) is 29.2 Å². The molecule has 2 heterocycles. The zero-order valence-electron chi connectivity index (χ0n) is 15.9. The van der Waals surface area contributed by atoms with Crippen LogP contribution in [-0.4, -0.2) is 51.9 Å². The van der Waals surface area contributed by atoms with E-state index in [0.717, 1.165) is 17.1 Å². The van der Waals surface area contributed by atoms with E-state index < -0.39 is 15.9 Å². The van der Waals surface area contributed by atoms with Gasteiger partial charge in [0.15, 0.2) is 0 Å². The Hall–Kier alpha value is -3.07. The summed E-state index contributed by atoms with van der Waals surface area (Å²) in [7, 11) is -2.63. The number of amides is 2. The van der Waals surface area contributed by atoms with Crippen LogP contribution in [0.5, 0.6) is 5.75 Å². The molecule has 2 aliphatic heterocycles. The van der Waals surface area contributed by atoms with Gasteiger partial charge in [-0.2, -0.15) is 0 Å². The molecular weight excluding hydrogens is 394 g/mol. The first-order valence-corrected chi connectivity index (χ1v) is 10.7. The van der Waals surface area contributed by atoms with Crippen LogP contribution >= 0.6 is 0 Å². The number of sulfonamides is 1. The fraction of sp³-hybridized carbons (Fsp3) is 0.300. The number of nitrogens with one attached hydrogen (secondary N) is 1. The van der Waals surface area contributed by atoms with Gasteiger partial charge in [-0.1, -0.05) is 12.1 Å². The largest absolute Gasteiger partial charge is 0.496 e. The predicted molar refractivity (Wildman–Crippen MR) is 108 cm³/mol. The summed E-state index contributed by atoms with van der Waals surface area (Å²) in [5.41, 5.74) is 1.01. The molecule has 0 saturated carbocycles. The molecule has 9 heteroatoms. The fourth-order valence-corrected chi connectivity index (χ4v) is 5.12. The van der Waals surface area contributed by atoms with Gasteiger partial charge in [0.25, 0.3) is 15.9 Å². The van der Waals surface area contributed by atoms with Gasteiger partial charge in [0.1, 0.15) is 12.3 Å². The van der Waals surface area contributed by atoms with Gasteiger partial charge in [0.2, 0.25) is 5.91 Å². The number of rotatable bonds is 4. The van der Waals surface area contributed by atoms with Gasteiger partial charge in [0.05, 0.1) is 28.9 Å². The fourth-order valence-electron chi connectivity index (χ4n) is 3.65. The molecule has 2 aromatic carbocycles. The van der Waals surface area contributed by atoms with Crippen molar-refractivity contribution in [2.24, 2.45) is 0 Å². The van der Waals surface area contributed by atoms with Crippen LogP contribution in [-0.2, 0) is 14.8 Å². The molecule has 2 aromatic rings. The van der Waals surface area contributed by atoms with Crippen molar-refractivity contribution >= 4 is 33.2 Å². The molecule has 8 nitrogen and oxygen atoms in total. The molecule has 1 N–H and O–H groups in total. The Bertz CT molecular complexity index is 1080. The Balaban J connectivity index is 1.77. The third-order valence-electron chi connectivity index (χ3n) is 5.12. The maximum Gasteiger partial charge on any atom is 0.264 e. The van der Waals surface area contributed by atoms with E-state index in [-0.39, 0.29) is 22.9 Å². The molecule has 2 amide bonds. The molecule has 2 aliphatic rings. The van der Waals surface area contributed by atoms with E-state index >= 15 is 0 Å². The van der Waals surface area contributed by atoms with E-state index in [1.165, 1.54) is 25.3 Å². The van der Waals surface area contributed by atoms with Gasteiger partial charge in [0, 0.05) is 13.1 Å². The lowest BCUT2D eigenvalue weighted by Crippen LogP contribution is -2.42. The number of benzene rings is 2. The lowest BCUT2D eigenvalue weighted by molar-refractivity contribution is -0.115. The Labute approximate surface area is 169 Å². The third-order valence-corrected chi connectivity index (χ3v) is 6.87. The zero-order valence-corrected chi connectivity index (χ0v) is 16.7. The van der Waals surface area contributed by atoms with Crippen LogP contribution < -0.4 is 14.4 Å². The second-order valence-corrected chi connectivity index (χ2v) is 8.80. The van der Waals surface area contributed by atoms with E-state index in [9.17, 15) is 18.0 Å². The number of para-hydroxylation sites is 2. The minimum atomic E-state index is -4.07. The Morgan fingerprint density at radius 1 is 1.10 bits per heavy atom. The maximum atomic E-state index is 13.4. The van der Waals surface area contributed by atoms with Crippen LogP contribution in [0.1, 0.15) is 23.2 Å². The molecule has 0 aromatic heterocycles. The molecule has 152 valence electrons. The lowest BCUT2D eigenvalue weighted by Gasteiger charge is -2.30. The maximum absolute atomic E-state index is 13.4. The molecule has 1 saturated heterocycles. The molecule has 0 spiro atoms. The molecule has 1 fully saturated rings. The average molecular weight is 415 g/mol. The number of nitrogens with zero attached hydrogens (tertiary/aromatic N) is 2. The van der Waals surface area contributed by atoms with E-state index in [0.29, 0.717) is 30.2 Å². The molecule has 0 bridgehead atoms. The second kappa shape index (κ2) is 7.40. The van der Waals surface area contributed by atoms with Crippen molar-refractivity contribution in [2.45, 2.75) is 17.7 Å². The number of hydrogen-bond donors (Lipinski definition) is 1. The highest BCUT2D eigenvalue weighted by Gasteiger charge is 2.33. The molecule has 0 aliphatic carbocycles. The number of carbonyl (C=O) groups excluding carboxylic acids is 2. The number of anilines is 2. The number of fused-ring (bicyclic) bond motifs is 1. The Morgan fingerprint density at radius 2 is 1.83 bits per heavy atom. The summed E-state index contributed by atoms with van der Waals surface area (Å²) >= 11 is 0. The molecule has 4 rings (SSSR count). The summed E-state index contributed by atoms with van der Waals surface area (Å²) in [6, 6.07) is 10.9. The van der Waals surface area contributed by atoms with Gasteiger partial charge in [-0.15, -0.1) is 0 Å². The van der Waals surface area contributed by atoms with Gasteiger partial charge < -0.3 is 15.0 Å². The quantitative estimate of drug-likeness (QED) is 0.825. The minimum Gasteiger partial charge on any atom is -0.496 e. The smallest absolute Gasteiger partial charge is 0.264 e. The number of methoxy groups -OCH3 is 1. The van der Waals surface area contributed by atoms with Crippen LogP contribution in [0, 0.1) is 0 Å². The Morgan fingerprint density at radius 3 is 2.55 bits per heavy atom. The number of likely N-dealkylation sites (tertiary alicyclic amines) is 1. The van der Waals surface area contributed by atoms with Crippen molar-refractivity contribution in [3.05, 3.63) is 48.0 Å². The average Bonchev–Trinajstić information content (AvgIpc) is 3.27. The molecule has 0 atom stereocenters. The van der Waals surface area contributed by atoms with Crippen LogP contribution in [0.3, 0.4) is 0 Å². The van der Waals surface area contributed by atoms with Crippen molar-refractivity contribution < 1.29 is 22.7 Å². The van der Waals surface area contributed by atoms with Crippen LogP contribution in [0.15, 0.2) is 47.4 Å². The van der Waals surface area contributed by atoms with Gasteiger partial charge in [-0.3, -0.25) is 13.9 Å². The first-order valence-electron chi connectivity index (χ1n) is 9.31. The summed E-state index contributed by atoms with van der Waals surface area (Å²) in [6.45, 7) is 0.943. The summed E-state index contributed by atoms with van der Waals surface area (Å²) in [6.07, 6.45) is 1.84. The van der Waals surface area contributed by atoms with E-state index in [1.807, 2.05) is 0 Å². The first kappa shape index (κ1) is 19.3. The van der Waals surface area contributed by atoms with Crippen LogP contribution in [0.4, 0.5) is 11.4 Å². The van der Waals surface area contributed by atoms with Crippen LogP contribution in [0.2, 0.25) is 0 Å². The summed E-state index contributed by atoms with van der Waals surface area (Å²) < 4.78 is 33.1. The van der Waals surface area contributed by atoms with Crippen molar-refractivity contribution in [2.75, 3.05) is 36.4 Å². The molecule has 0 unspecified atom stereocenters. The monoisotopic (exact) mass is 415 g/mol. The van der Waals surface area contributed by atoms with Crippen molar-refractivity contribution in [1.82, 2.24) is 4.90 Å². The highest BCUT2D eigenvalue weighted by Crippen LogP contribution is 2.34. The minimum absolute atomic E-state index is 0.0645. The highest BCUT2D eigenvalue weighted by atomic mass is 32.2. The number of hydrogen-bond acceptors (Lipinski definition) is 5. The number of ether oxygens (including phenoxy) is 1. The van der Waals surface area contributed by atoms with Crippen molar-refractivity contribution in [1.29, 1.82) is 0 Å². The third kappa shape index (κ3) is 3.42. The predicted octanol–water partition coefficient (Wildman–Crippen LogP) is 2.08. The Kier molecular flexibility index (Phi) is 4.91. The summed E-state index contributed by atoms with van der Waals surface area (Å²) in [5, 5.41) is 2.67. The summed E-state index contributed by atoms with van der Waals surface area (Å²) in [5.74, 6) is -0.361. The second-order valence-electron chi connectivity index (χ2n) is 6.94. The molecule has 29 heavy (non-hydrogen) atoms. The first-order chi connectivity index (χ1) is 13.9. The van der Waals surface area contributed by atoms with Crippen molar-refractivity contribution in [3.8, 4) is 5.75 Å². The standard InChI is InChI=1S/C20H21N3O5S/c1-28-18-9-8-14(12-15(18)20(25)22-10-4-5-11-22)29(26,27)23-13-19(24)21-16-6-2-3-7-17(16)23/h2-3,6-9,12H,4-5,10-11,13H2,1H3,(H,21,24). The van der Waals surface area contributed by atoms with Crippen molar-refractivity contribution in [3.63, 3.8) is 0 Å². The normalized spacial score (nSPS) is 16.4. The van der Waals surface area contributed by atoms with Gasteiger partial charge in [-0.05, 0) is 43.2 Å².